The number of aromatic nitrogens is 4. The highest BCUT2D eigenvalue weighted by Gasteiger charge is 2.25. The molecule has 0 aliphatic heterocycles. The molecule has 0 radical (unpaired) electrons. The van der Waals surface area contributed by atoms with Gasteiger partial charge in [-0.15, -0.1) is 0 Å². The first kappa shape index (κ1) is 12.9. The summed E-state index contributed by atoms with van der Waals surface area (Å²) in [6.45, 7) is 0.766. The Labute approximate surface area is 114 Å². The second kappa shape index (κ2) is 4.48. The van der Waals surface area contributed by atoms with Crippen LogP contribution in [0.3, 0.4) is 0 Å². The summed E-state index contributed by atoms with van der Waals surface area (Å²) in [6.07, 6.45) is 2.01. The molecule has 8 nitrogen and oxygen atoms in total. The highest BCUT2D eigenvalue weighted by Crippen LogP contribution is 2.25. The van der Waals surface area contributed by atoms with E-state index in [1.807, 2.05) is 0 Å². The van der Waals surface area contributed by atoms with Crippen molar-refractivity contribution in [3.05, 3.63) is 20.8 Å². The summed E-state index contributed by atoms with van der Waals surface area (Å²) in [6, 6.07) is 0.311. The van der Waals surface area contributed by atoms with Crippen molar-refractivity contribution in [2.75, 3.05) is 11.9 Å². The smallest absolute Gasteiger partial charge is 0.332 e. The summed E-state index contributed by atoms with van der Waals surface area (Å²) in [5.74, 6) is 1.06. The van der Waals surface area contributed by atoms with Gasteiger partial charge in [0.15, 0.2) is 11.2 Å². The second-order valence-corrected chi connectivity index (χ2v) is 5.47. The summed E-state index contributed by atoms with van der Waals surface area (Å²) in [5, 5.41) is 3.16. The first-order chi connectivity index (χ1) is 9.47. The predicted molar refractivity (Wildman–Crippen MR) is 75.8 cm³/mol. The van der Waals surface area contributed by atoms with Crippen LogP contribution in [0, 0.1) is 5.92 Å². The van der Waals surface area contributed by atoms with Gasteiger partial charge in [0.05, 0.1) is 0 Å². The Morgan fingerprint density at radius 2 is 2.05 bits per heavy atom. The van der Waals surface area contributed by atoms with Gasteiger partial charge in [0.2, 0.25) is 5.95 Å². The second-order valence-electron chi connectivity index (χ2n) is 5.47. The minimum atomic E-state index is -0.384. The van der Waals surface area contributed by atoms with E-state index < -0.39 is 0 Å². The summed E-state index contributed by atoms with van der Waals surface area (Å²) >= 11 is 0. The van der Waals surface area contributed by atoms with E-state index in [4.69, 9.17) is 5.73 Å². The molecule has 0 unspecified atom stereocenters. The van der Waals surface area contributed by atoms with Crippen molar-refractivity contribution in [2.45, 2.75) is 18.9 Å². The van der Waals surface area contributed by atoms with E-state index in [1.54, 1.807) is 7.05 Å². The molecule has 3 rings (SSSR count). The zero-order valence-corrected chi connectivity index (χ0v) is 11.5. The lowest BCUT2D eigenvalue weighted by Gasteiger charge is -2.32. The lowest BCUT2D eigenvalue weighted by Crippen LogP contribution is -2.39. The number of nitrogens with zero attached hydrogens (tertiary/aromatic N) is 3. The number of hydrogen-bond acceptors (Lipinski definition) is 5. The number of nitrogens with one attached hydrogen (secondary N) is 2. The quantitative estimate of drug-likeness (QED) is 0.674. The van der Waals surface area contributed by atoms with Crippen LogP contribution in [-0.4, -0.2) is 31.7 Å². The van der Waals surface area contributed by atoms with E-state index >= 15 is 0 Å². The van der Waals surface area contributed by atoms with Crippen LogP contribution in [0.5, 0.6) is 0 Å². The van der Waals surface area contributed by atoms with Gasteiger partial charge in [-0.3, -0.25) is 13.9 Å². The van der Waals surface area contributed by atoms with E-state index in [9.17, 15) is 9.59 Å². The fourth-order valence-corrected chi connectivity index (χ4v) is 2.60. The minimum Gasteiger partial charge on any atom is -0.355 e. The fourth-order valence-electron chi connectivity index (χ4n) is 2.60. The summed E-state index contributed by atoms with van der Waals surface area (Å²) in [7, 11) is 3.05. The normalized spacial score (nSPS) is 21.9. The Morgan fingerprint density at radius 1 is 1.35 bits per heavy atom. The average molecular weight is 278 g/mol. The van der Waals surface area contributed by atoms with E-state index in [1.165, 1.54) is 11.6 Å². The molecule has 0 spiro atoms. The van der Waals surface area contributed by atoms with Crippen molar-refractivity contribution in [2.24, 2.45) is 25.7 Å². The van der Waals surface area contributed by atoms with Crippen molar-refractivity contribution < 1.29 is 0 Å². The SMILES string of the molecule is Cn1c(=O)c2[nH]c(NCC3CC(N)C3)nc2n(C)c1=O. The largest absolute Gasteiger partial charge is 0.355 e. The van der Waals surface area contributed by atoms with Gasteiger partial charge in [-0.05, 0) is 18.8 Å². The third-order valence-electron chi connectivity index (χ3n) is 3.93. The molecular formula is C12H18N6O2. The van der Waals surface area contributed by atoms with Crippen molar-refractivity contribution in [3.8, 4) is 0 Å². The van der Waals surface area contributed by atoms with Crippen LogP contribution < -0.4 is 22.3 Å². The van der Waals surface area contributed by atoms with Gasteiger partial charge in [-0.25, -0.2) is 4.79 Å². The molecule has 4 N–H and O–H groups in total. The first-order valence-electron chi connectivity index (χ1n) is 6.62. The third-order valence-corrected chi connectivity index (χ3v) is 3.93. The minimum absolute atomic E-state index is 0.311. The van der Waals surface area contributed by atoms with Crippen LogP contribution in [-0.2, 0) is 14.1 Å². The third kappa shape index (κ3) is 1.92. The molecule has 0 atom stereocenters. The number of anilines is 1. The van der Waals surface area contributed by atoms with Crippen LogP contribution in [0.2, 0.25) is 0 Å². The van der Waals surface area contributed by atoms with Crippen LogP contribution in [0.1, 0.15) is 12.8 Å². The topological polar surface area (TPSA) is 111 Å². The molecule has 0 aromatic carbocycles. The molecule has 1 aliphatic carbocycles. The van der Waals surface area contributed by atoms with Crippen molar-refractivity contribution in [3.63, 3.8) is 0 Å². The predicted octanol–water partition coefficient (Wildman–Crippen LogP) is -0.890. The number of imidazole rings is 1. The van der Waals surface area contributed by atoms with E-state index in [0.29, 0.717) is 29.1 Å². The molecular weight excluding hydrogens is 260 g/mol. The highest BCUT2D eigenvalue weighted by molar-refractivity contribution is 5.72. The summed E-state index contributed by atoms with van der Waals surface area (Å²) in [5.41, 5.74) is 5.69. The highest BCUT2D eigenvalue weighted by atomic mass is 16.2. The Morgan fingerprint density at radius 3 is 2.70 bits per heavy atom. The molecule has 2 aromatic rings. The Hall–Kier alpha value is -2.09. The van der Waals surface area contributed by atoms with Crippen LogP contribution >= 0.6 is 0 Å². The van der Waals surface area contributed by atoms with Gasteiger partial charge in [0.1, 0.15) is 0 Å². The maximum atomic E-state index is 12.0. The van der Waals surface area contributed by atoms with Crippen molar-refractivity contribution in [1.82, 2.24) is 19.1 Å². The number of H-pyrrole nitrogens is 1. The maximum Gasteiger partial charge on any atom is 0.332 e. The van der Waals surface area contributed by atoms with Gasteiger partial charge in [0.25, 0.3) is 5.56 Å². The Bertz CT molecular complexity index is 765. The zero-order chi connectivity index (χ0) is 14.4. The van der Waals surface area contributed by atoms with Gasteiger partial charge in [0, 0.05) is 26.7 Å². The summed E-state index contributed by atoms with van der Waals surface area (Å²) < 4.78 is 2.42. The molecule has 1 saturated carbocycles. The molecule has 2 heterocycles. The zero-order valence-electron chi connectivity index (χ0n) is 11.5. The van der Waals surface area contributed by atoms with E-state index in [2.05, 4.69) is 15.3 Å². The van der Waals surface area contributed by atoms with Crippen LogP contribution in [0.15, 0.2) is 9.59 Å². The van der Waals surface area contributed by atoms with Crippen molar-refractivity contribution >= 4 is 17.1 Å². The lowest BCUT2D eigenvalue weighted by molar-refractivity contribution is 0.280. The fraction of sp³-hybridized carbons (Fsp3) is 0.583. The molecule has 0 amide bonds. The van der Waals surface area contributed by atoms with Gasteiger partial charge in [-0.2, -0.15) is 4.98 Å². The van der Waals surface area contributed by atoms with E-state index in [-0.39, 0.29) is 11.2 Å². The maximum absolute atomic E-state index is 12.0. The Balaban J connectivity index is 1.91. The molecule has 0 bridgehead atoms. The molecule has 0 saturated heterocycles. The molecule has 1 fully saturated rings. The average Bonchev–Trinajstić information content (AvgIpc) is 2.82. The first-order valence-corrected chi connectivity index (χ1v) is 6.62. The number of nitrogens with two attached hydrogens (primary N) is 1. The summed E-state index contributed by atoms with van der Waals surface area (Å²) in [4.78, 5) is 31.0. The Kier molecular flexibility index (Phi) is 2.89. The molecule has 8 heteroatoms. The number of rotatable bonds is 3. The number of fused-ring (bicyclic) bond motifs is 1. The van der Waals surface area contributed by atoms with E-state index in [0.717, 1.165) is 24.0 Å². The molecule has 108 valence electrons. The number of hydrogen-bond donors (Lipinski definition) is 3. The lowest BCUT2D eigenvalue weighted by atomic mass is 9.81. The van der Waals surface area contributed by atoms with Crippen LogP contribution in [0.25, 0.3) is 11.2 Å². The molecule has 1 aliphatic rings. The molecule has 2 aromatic heterocycles. The monoisotopic (exact) mass is 278 g/mol. The van der Waals surface area contributed by atoms with Gasteiger partial charge in [-0.1, -0.05) is 0 Å². The van der Waals surface area contributed by atoms with Gasteiger partial charge < -0.3 is 16.0 Å². The number of aromatic amines is 1. The standard InChI is InChI=1S/C12H18N6O2/c1-17-9-8(10(19)18(2)12(17)20)15-11(16-9)14-5-6-3-7(13)4-6/h6-7H,3-5,13H2,1-2H3,(H2,14,15,16). The van der Waals surface area contributed by atoms with Crippen LogP contribution in [0.4, 0.5) is 5.95 Å². The number of aryl methyl sites for hydroxylation is 1. The van der Waals surface area contributed by atoms with Crippen molar-refractivity contribution in [1.29, 1.82) is 0 Å². The molecule has 20 heavy (non-hydrogen) atoms. The van der Waals surface area contributed by atoms with Gasteiger partial charge >= 0.3 is 5.69 Å².